The molecular formula is C10H15NOS. The number of benzene rings is 1. The SMILES string of the molecule is CCCSc1cccc(OC)c1N. The zero-order valence-corrected chi connectivity index (χ0v) is 8.86. The van der Waals surface area contributed by atoms with Gasteiger partial charge in [-0.15, -0.1) is 11.8 Å². The van der Waals surface area contributed by atoms with Gasteiger partial charge < -0.3 is 10.5 Å². The lowest BCUT2D eigenvalue weighted by atomic mass is 10.3. The van der Waals surface area contributed by atoms with E-state index in [2.05, 4.69) is 6.92 Å². The van der Waals surface area contributed by atoms with Gasteiger partial charge in [0, 0.05) is 4.90 Å². The molecule has 0 spiro atoms. The van der Waals surface area contributed by atoms with Crippen LogP contribution in [0.25, 0.3) is 0 Å². The van der Waals surface area contributed by atoms with Crippen LogP contribution in [-0.2, 0) is 0 Å². The summed E-state index contributed by atoms with van der Waals surface area (Å²) in [7, 11) is 1.64. The minimum atomic E-state index is 0.753. The fraction of sp³-hybridized carbons (Fsp3) is 0.400. The highest BCUT2D eigenvalue weighted by molar-refractivity contribution is 7.99. The Morgan fingerprint density at radius 1 is 1.46 bits per heavy atom. The first kappa shape index (κ1) is 10.3. The number of nitrogens with two attached hydrogens (primary N) is 1. The Morgan fingerprint density at radius 2 is 2.23 bits per heavy atom. The van der Waals surface area contributed by atoms with E-state index >= 15 is 0 Å². The lowest BCUT2D eigenvalue weighted by molar-refractivity contribution is 0.416. The van der Waals surface area contributed by atoms with E-state index in [-0.39, 0.29) is 0 Å². The summed E-state index contributed by atoms with van der Waals surface area (Å²) in [5.41, 5.74) is 6.64. The molecule has 1 rings (SSSR count). The van der Waals surface area contributed by atoms with Crippen molar-refractivity contribution in [3.63, 3.8) is 0 Å². The molecule has 72 valence electrons. The van der Waals surface area contributed by atoms with Crippen molar-refractivity contribution < 1.29 is 4.74 Å². The number of thioether (sulfide) groups is 1. The van der Waals surface area contributed by atoms with Gasteiger partial charge in [-0.2, -0.15) is 0 Å². The summed E-state index contributed by atoms with van der Waals surface area (Å²) in [6, 6.07) is 5.87. The molecule has 0 radical (unpaired) electrons. The Labute approximate surface area is 83.5 Å². The molecule has 1 aromatic rings. The summed E-state index contributed by atoms with van der Waals surface area (Å²) in [4.78, 5) is 1.11. The highest BCUT2D eigenvalue weighted by atomic mass is 32.2. The average molecular weight is 197 g/mol. The number of hydrogen-bond acceptors (Lipinski definition) is 3. The van der Waals surface area contributed by atoms with Crippen molar-refractivity contribution in [3.05, 3.63) is 18.2 Å². The van der Waals surface area contributed by atoms with E-state index in [9.17, 15) is 0 Å². The lowest BCUT2D eigenvalue weighted by Gasteiger charge is -2.08. The Kier molecular flexibility index (Phi) is 3.96. The Hall–Kier alpha value is -0.830. The van der Waals surface area contributed by atoms with Gasteiger partial charge in [0.15, 0.2) is 0 Å². The molecule has 1 aromatic carbocycles. The molecule has 0 amide bonds. The van der Waals surface area contributed by atoms with Gasteiger partial charge >= 0.3 is 0 Å². The Bertz CT molecular complexity index is 276. The molecule has 0 unspecified atom stereocenters. The summed E-state index contributed by atoms with van der Waals surface area (Å²) in [6.45, 7) is 2.16. The van der Waals surface area contributed by atoms with Gasteiger partial charge in [0.25, 0.3) is 0 Å². The number of rotatable bonds is 4. The molecule has 0 aliphatic heterocycles. The molecule has 0 bridgehead atoms. The molecule has 0 atom stereocenters. The van der Waals surface area contributed by atoms with Crippen molar-refractivity contribution in [2.75, 3.05) is 18.6 Å². The molecule has 0 aliphatic carbocycles. The van der Waals surface area contributed by atoms with Crippen LogP contribution >= 0.6 is 11.8 Å². The first-order valence-corrected chi connectivity index (χ1v) is 5.33. The molecule has 0 saturated heterocycles. The third-order valence-electron chi connectivity index (χ3n) is 1.71. The van der Waals surface area contributed by atoms with E-state index in [1.165, 1.54) is 0 Å². The highest BCUT2D eigenvalue weighted by Gasteiger charge is 2.04. The first-order chi connectivity index (χ1) is 6.29. The van der Waals surface area contributed by atoms with Gasteiger partial charge in [0.2, 0.25) is 0 Å². The van der Waals surface area contributed by atoms with Crippen LogP contribution in [0.2, 0.25) is 0 Å². The first-order valence-electron chi connectivity index (χ1n) is 4.34. The second kappa shape index (κ2) is 5.02. The molecule has 0 heterocycles. The third kappa shape index (κ3) is 2.56. The van der Waals surface area contributed by atoms with Crippen molar-refractivity contribution in [1.29, 1.82) is 0 Å². The van der Waals surface area contributed by atoms with E-state index in [0.717, 1.165) is 28.5 Å². The second-order valence-electron chi connectivity index (χ2n) is 2.72. The monoisotopic (exact) mass is 197 g/mol. The van der Waals surface area contributed by atoms with Crippen molar-refractivity contribution in [3.8, 4) is 5.75 Å². The maximum atomic E-state index is 5.89. The van der Waals surface area contributed by atoms with Crippen LogP contribution in [0.1, 0.15) is 13.3 Å². The van der Waals surface area contributed by atoms with Gasteiger partial charge in [0.05, 0.1) is 12.8 Å². The quantitative estimate of drug-likeness (QED) is 0.595. The van der Waals surface area contributed by atoms with Crippen molar-refractivity contribution >= 4 is 17.4 Å². The van der Waals surface area contributed by atoms with E-state index in [1.54, 1.807) is 18.9 Å². The highest BCUT2D eigenvalue weighted by Crippen LogP contribution is 2.32. The minimum absolute atomic E-state index is 0.753. The number of para-hydroxylation sites is 1. The molecule has 2 nitrogen and oxygen atoms in total. The summed E-state index contributed by atoms with van der Waals surface area (Å²) in [5.74, 6) is 1.86. The molecular weight excluding hydrogens is 182 g/mol. The van der Waals surface area contributed by atoms with Crippen molar-refractivity contribution in [2.24, 2.45) is 0 Å². The predicted molar refractivity (Wildman–Crippen MR) is 58.4 cm³/mol. The number of hydrogen-bond donors (Lipinski definition) is 1. The van der Waals surface area contributed by atoms with E-state index in [1.807, 2.05) is 18.2 Å². The molecule has 0 saturated carbocycles. The van der Waals surface area contributed by atoms with Crippen LogP contribution in [0.5, 0.6) is 5.75 Å². The minimum Gasteiger partial charge on any atom is -0.495 e. The fourth-order valence-electron chi connectivity index (χ4n) is 1.04. The van der Waals surface area contributed by atoms with Crippen LogP contribution in [0.15, 0.2) is 23.1 Å². The average Bonchev–Trinajstić information content (AvgIpc) is 2.16. The molecule has 2 N–H and O–H groups in total. The van der Waals surface area contributed by atoms with Crippen LogP contribution in [0.4, 0.5) is 5.69 Å². The molecule has 3 heteroatoms. The zero-order chi connectivity index (χ0) is 9.68. The van der Waals surface area contributed by atoms with Gasteiger partial charge in [-0.25, -0.2) is 0 Å². The molecule has 13 heavy (non-hydrogen) atoms. The maximum Gasteiger partial charge on any atom is 0.142 e. The summed E-state index contributed by atoms with van der Waals surface area (Å²) < 4.78 is 5.13. The normalized spacial score (nSPS) is 10.0. The molecule has 0 fully saturated rings. The smallest absolute Gasteiger partial charge is 0.142 e. The second-order valence-corrected chi connectivity index (χ2v) is 3.86. The van der Waals surface area contributed by atoms with Crippen molar-refractivity contribution in [2.45, 2.75) is 18.2 Å². The standard InChI is InChI=1S/C10H15NOS/c1-3-7-13-9-6-4-5-8(12-2)10(9)11/h4-6H,3,7,11H2,1-2H3. The maximum absolute atomic E-state index is 5.89. The van der Waals surface area contributed by atoms with Crippen molar-refractivity contribution in [1.82, 2.24) is 0 Å². The molecule has 0 aliphatic rings. The van der Waals surface area contributed by atoms with Gasteiger partial charge in [0.1, 0.15) is 5.75 Å². The number of nitrogen functional groups attached to an aromatic ring is 1. The van der Waals surface area contributed by atoms with Crippen LogP contribution in [-0.4, -0.2) is 12.9 Å². The number of methoxy groups -OCH3 is 1. The van der Waals surface area contributed by atoms with Gasteiger partial charge in [-0.1, -0.05) is 13.0 Å². The van der Waals surface area contributed by atoms with Gasteiger partial charge in [-0.3, -0.25) is 0 Å². The van der Waals surface area contributed by atoms with Crippen LogP contribution in [0.3, 0.4) is 0 Å². The van der Waals surface area contributed by atoms with E-state index in [0.29, 0.717) is 0 Å². The van der Waals surface area contributed by atoms with Gasteiger partial charge in [-0.05, 0) is 24.3 Å². The predicted octanol–water partition coefficient (Wildman–Crippen LogP) is 2.78. The van der Waals surface area contributed by atoms with Crippen LogP contribution < -0.4 is 10.5 Å². The van der Waals surface area contributed by atoms with Crippen LogP contribution in [0, 0.1) is 0 Å². The zero-order valence-electron chi connectivity index (χ0n) is 8.04. The number of ether oxygens (including phenoxy) is 1. The Balaban J connectivity index is 2.81. The van der Waals surface area contributed by atoms with E-state index < -0.39 is 0 Å². The summed E-state index contributed by atoms with van der Waals surface area (Å²) >= 11 is 1.77. The number of anilines is 1. The van der Waals surface area contributed by atoms with E-state index in [4.69, 9.17) is 10.5 Å². The molecule has 0 aromatic heterocycles. The summed E-state index contributed by atoms with van der Waals surface area (Å²) in [6.07, 6.45) is 1.15. The Morgan fingerprint density at radius 3 is 2.85 bits per heavy atom. The topological polar surface area (TPSA) is 35.2 Å². The largest absolute Gasteiger partial charge is 0.495 e. The third-order valence-corrected chi connectivity index (χ3v) is 2.99. The fourth-order valence-corrected chi connectivity index (χ4v) is 1.89. The summed E-state index contributed by atoms with van der Waals surface area (Å²) in [5, 5.41) is 0. The lowest BCUT2D eigenvalue weighted by Crippen LogP contribution is -1.94.